The van der Waals surface area contributed by atoms with Crippen molar-refractivity contribution in [2.45, 2.75) is 32.2 Å². The quantitative estimate of drug-likeness (QED) is 0.716. The Hall–Kier alpha value is -0.820. The van der Waals surface area contributed by atoms with Crippen molar-refractivity contribution in [2.24, 2.45) is 5.92 Å². The van der Waals surface area contributed by atoms with Crippen LogP contribution in [0.2, 0.25) is 0 Å². The van der Waals surface area contributed by atoms with Gasteiger partial charge in [0.2, 0.25) is 0 Å². The van der Waals surface area contributed by atoms with Gasteiger partial charge >= 0.3 is 0 Å². The smallest absolute Gasteiger partial charge is 0.00447 e. The molecule has 1 aliphatic heterocycles. The van der Waals surface area contributed by atoms with Gasteiger partial charge in [-0.1, -0.05) is 37.3 Å². The summed E-state index contributed by atoms with van der Waals surface area (Å²) in [5.74, 6) is 1.50. The van der Waals surface area contributed by atoms with Crippen LogP contribution in [0.3, 0.4) is 0 Å². The van der Waals surface area contributed by atoms with Crippen LogP contribution < -0.4 is 5.32 Å². The minimum absolute atomic E-state index is 0.663. The first kappa shape index (κ1) is 9.72. The second-order valence-corrected chi connectivity index (χ2v) is 4.54. The lowest BCUT2D eigenvalue weighted by molar-refractivity contribution is 0.297. The van der Waals surface area contributed by atoms with Crippen molar-refractivity contribution in [1.29, 1.82) is 0 Å². The van der Waals surface area contributed by atoms with E-state index in [1.165, 1.54) is 12.0 Å². The van der Waals surface area contributed by atoms with Crippen LogP contribution >= 0.6 is 0 Å². The zero-order valence-corrected chi connectivity index (χ0v) is 9.03. The summed E-state index contributed by atoms with van der Waals surface area (Å²) >= 11 is 0. The van der Waals surface area contributed by atoms with E-state index in [4.69, 9.17) is 0 Å². The Balaban J connectivity index is 2.16. The summed E-state index contributed by atoms with van der Waals surface area (Å²) in [4.78, 5) is 0. The zero-order valence-electron chi connectivity index (χ0n) is 9.03. The number of nitrogens with one attached hydrogen (secondary N) is 1. The van der Waals surface area contributed by atoms with Crippen LogP contribution in [-0.2, 0) is 0 Å². The molecule has 0 saturated carbocycles. The molecule has 1 saturated heterocycles. The molecule has 3 atom stereocenters. The molecule has 14 heavy (non-hydrogen) atoms. The van der Waals surface area contributed by atoms with E-state index in [9.17, 15) is 0 Å². The van der Waals surface area contributed by atoms with Gasteiger partial charge in [-0.05, 0) is 37.3 Å². The summed E-state index contributed by atoms with van der Waals surface area (Å²) in [6.45, 7) is 5.78. The van der Waals surface area contributed by atoms with Crippen molar-refractivity contribution in [1.82, 2.24) is 5.32 Å². The topological polar surface area (TPSA) is 12.0 Å². The largest absolute Gasteiger partial charge is 0.314 e. The lowest BCUT2D eigenvalue weighted by Gasteiger charge is -2.34. The van der Waals surface area contributed by atoms with Crippen LogP contribution in [0, 0.1) is 5.92 Å². The summed E-state index contributed by atoms with van der Waals surface area (Å²) in [6.07, 6.45) is 1.27. The van der Waals surface area contributed by atoms with E-state index in [1.807, 2.05) is 0 Å². The van der Waals surface area contributed by atoms with Crippen molar-refractivity contribution in [3.8, 4) is 0 Å². The van der Waals surface area contributed by atoms with Crippen molar-refractivity contribution >= 4 is 0 Å². The Morgan fingerprint density at radius 1 is 1.14 bits per heavy atom. The van der Waals surface area contributed by atoms with E-state index in [2.05, 4.69) is 49.5 Å². The van der Waals surface area contributed by atoms with Gasteiger partial charge < -0.3 is 5.32 Å². The fourth-order valence-electron chi connectivity index (χ4n) is 2.39. The van der Waals surface area contributed by atoms with Crippen LogP contribution in [0.15, 0.2) is 30.3 Å². The highest BCUT2D eigenvalue weighted by Gasteiger charge is 2.25. The molecule has 0 amide bonds. The monoisotopic (exact) mass is 189 g/mol. The van der Waals surface area contributed by atoms with E-state index >= 15 is 0 Å². The fraction of sp³-hybridized carbons (Fsp3) is 0.538. The van der Waals surface area contributed by atoms with Crippen LogP contribution in [0.25, 0.3) is 0 Å². The maximum absolute atomic E-state index is 3.53. The summed E-state index contributed by atoms with van der Waals surface area (Å²) in [6, 6.07) is 11.6. The lowest BCUT2D eigenvalue weighted by Crippen LogP contribution is -2.40. The molecule has 3 unspecified atom stereocenters. The average Bonchev–Trinajstić information content (AvgIpc) is 2.23. The van der Waals surface area contributed by atoms with Gasteiger partial charge in [0.15, 0.2) is 0 Å². The van der Waals surface area contributed by atoms with Crippen molar-refractivity contribution in [3.05, 3.63) is 35.9 Å². The predicted octanol–water partition coefficient (Wildman–Crippen LogP) is 2.79. The highest BCUT2D eigenvalue weighted by molar-refractivity contribution is 5.21. The second-order valence-electron chi connectivity index (χ2n) is 4.54. The molecule has 1 nitrogen and oxygen atoms in total. The molecule has 0 aliphatic carbocycles. The van der Waals surface area contributed by atoms with E-state index < -0.39 is 0 Å². The summed E-state index contributed by atoms with van der Waals surface area (Å²) in [5, 5.41) is 3.53. The molecule has 2 rings (SSSR count). The molecule has 1 aliphatic rings. The van der Waals surface area contributed by atoms with E-state index in [1.54, 1.807) is 0 Å². The molecule has 76 valence electrons. The summed E-state index contributed by atoms with van der Waals surface area (Å²) < 4.78 is 0. The van der Waals surface area contributed by atoms with E-state index in [0.717, 1.165) is 18.4 Å². The third kappa shape index (κ3) is 1.98. The molecule has 1 N–H and O–H groups in total. The molecule has 1 aromatic carbocycles. The van der Waals surface area contributed by atoms with Crippen molar-refractivity contribution in [3.63, 3.8) is 0 Å². The summed E-state index contributed by atoms with van der Waals surface area (Å²) in [5.41, 5.74) is 1.51. The molecular weight excluding hydrogens is 170 g/mol. The third-order valence-electron chi connectivity index (χ3n) is 3.31. The molecule has 1 aromatic rings. The predicted molar refractivity (Wildman–Crippen MR) is 60.4 cm³/mol. The standard InChI is InChI=1S/C13H19N/c1-10-9-14-11(2)8-13(10)12-6-4-3-5-7-12/h3-7,10-11,13-14H,8-9H2,1-2H3. The van der Waals surface area contributed by atoms with Gasteiger partial charge in [0.25, 0.3) is 0 Å². The van der Waals surface area contributed by atoms with Crippen LogP contribution in [-0.4, -0.2) is 12.6 Å². The number of benzene rings is 1. The van der Waals surface area contributed by atoms with Crippen molar-refractivity contribution in [2.75, 3.05) is 6.54 Å². The highest BCUT2D eigenvalue weighted by Crippen LogP contribution is 2.31. The number of hydrogen-bond donors (Lipinski definition) is 1. The Bertz CT molecular complexity index is 281. The normalized spacial score (nSPS) is 32.9. The minimum atomic E-state index is 0.663. The van der Waals surface area contributed by atoms with E-state index in [0.29, 0.717) is 6.04 Å². The number of rotatable bonds is 1. The van der Waals surface area contributed by atoms with Gasteiger partial charge in [-0.3, -0.25) is 0 Å². The molecule has 0 radical (unpaired) electrons. The van der Waals surface area contributed by atoms with Gasteiger partial charge in [0, 0.05) is 6.04 Å². The average molecular weight is 189 g/mol. The Kier molecular flexibility index (Phi) is 2.87. The number of hydrogen-bond acceptors (Lipinski definition) is 1. The van der Waals surface area contributed by atoms with Gasteiger partial charge in [0.1, 0.15) is 0 Å². The Morgan fingerprint density at radius 3 is 2.57 bits per heavy atom. The van der Waals surface area contributed by atoms with Crippen molar-refractivity contribution < 1.29 is 0 Å². The molecule has 1 fully saturated rings. The lowest BCUT2D eigenvalue weighted by atomic mass is 9.80. The maximum atomic E-state index is 3.53. The van der Waals surface area contributed by atoms with Gasteiger partial charge in [-0.15, -0.1) is 0 Å². The first-order chi connectivity index (χ1) is 6.77. The Morgan fingerprint density at radius 2 is 1.86 bits per heavy atom. The summed E-state index contributed by atoms with van der Waals surface area (Å²) in [7, 11) is 0. The van der Waals surface area contributed by atoms with Gasteiger partial charge in [0.05, 0.1) is 0 Å². The third-order valence-corrected chi connectivity index (χ3v) is 3.31. The number of piperidine rings is 1. The van der Waals surface area contributed by atoms with Gasteiger partial charge in [-0.2, -0.15) is 0 Å². The second kappa shape index (κ2) is 4.14. The Labute approximate surface area is 86.5 Å². The van der Waals surface area contributed by atoms with E-state index in [-0.39, 0.29) is 0 Å². The zero-order chi connectivity index (χ0) is 9.97. The first-order valence-electron chi connectivity index (χ1n) is 5.55. The molecule has 1 heteroatoms. The van der Waals surface area contributed by atoms with Gasteiger partial charge in [-0.25, -0.2) is 0 Å². The maximum Gasteiger partial charge on any atom is 0.00447 e. The molecule has 0 bridgehead atoms. The van der Waals surface area contributed by atoms with Crippen LogP contribution in [0.4, 0.5) is 0 Å². The molecule has 1 heterocycles. The molecular formula is C13H19N. The van der Waals surface area contributed by atoms with Crippen LogP contribution in [0.5, 0.6) is 0 Å². The minimum Gasteiger partial charge on any atom is -0.314 e. The fourth-order valence-corrected chi connectivity index (χ4v) is 2.39. The first-order valence-corrected chi connectivity index (χ1v) is 5.55. The highest BCUT2D eigenvalue weighted by atomic mass is 14.9. The molecule has 0 spiro atoms. The van der Waals surface area contributed by atoms with Crippen LogP contribution in [0.1, 0.15) is 31.7 Å². The SMILES string of the molecule is CC1CC(c2ccccc2)C(C)CN1. The molecule has 0 aromatic heterocycles.